The molecule has 0 aliphatic carbocycles. The molecule has 0 saturated carbocycles. The van der Waals surface area contributed by atoms with Crippen LogP contribution in [-0.2, 0) is 0 Å². The summed E-state index contributed by atoms with van der Waals surface area (Å²) in [5.74, 6) is 2.54. The first-order valence-electron chi connectivity index (χ1n) is 8.56. The molecule has 126 valence electrons. The Morgan fingerprint density at radius 2 is 2.17 bits per heavy atom. The van der Waals surface area contributed by atoms with E-state index >= 15 is 0 Å². The van der Waals surface area contributed by atoms with Gasteiger partial charge in [-0.3, -0.25) is 4.99 Å². The van der Waals surface area contributed by atoms with Gasteiger partial charge < -0.3 is 15.0 Å². The molecule has 4 heteroatoms. The van der Waals surface area contributed by atoms with Crippen molar-refractivity contribution < 1.29 is 4.74 Å². The molecular weight excluding hydrogens is 286 g/mol. The highest BCUT2D eigenvalue weighted by Gasteiger charge is 2.25. The maximum atomic E-state index is 5.24. The fourth-order valence-electron chi connectivity index (χ4n) is 2.94. The van der Waals surface area contributed by atoms with Crippen molar-refractivity contribution in [2.45, 2.75) is 32.6 Å². The second-order valence-corrected chi connectivity index (χ2v) is 5.80. The summed E-state index contributed by atoms with van der Waals surface area (Å²) in [6.07, 6.45) is 6.42. The van der Waals surface area contributed by atoms with Crippen LogP contribution in [0.15, 0.2) is 41.4 Å². The lowest BCUT2D eigenvalue weighted by atomic mass is 9.98. The molecule has 1 N–H and O–H groups in total. The molecular formula is C19H29N3O. The van der Waals surface area contributed by atoms with Crippen molar-refractivity contribution in [2.24, 2.45) is 4.99 Å². The zero-order chi connectivity index (χ0) is 16.5. The van der Waals surface area contributed by atoms with E-state index in [-0.39, 0.29) is 0 Å². The molecule has 4 nitrogen and oxygen atoms in total. The van der Waals surface area contributed by atoms with Crippen molar-refractivity contribution >= 4 is 5.96 Å². The van der Waals surface area contributed by atoms with E-state index in [0.717, 1.165) is 44.3 Å². The van der Waals surface area contributed by atoms with Crippen LogP contribution in [0.1, 0.15) is 38.2 Å². The van der Waals surface area contributed by atoms with Crippen LogP contribution in [0.3, 0.4) is 0 Å². The molecule has 23 heavy (non-hydrogen) atoms. The number of allylic oxidation sites excluding steroid dienone is 1. The molecule has 1 aromatic rings. The Balaban J connectivity index is 1.97. The first kappa shape index (κ1) is 17.4. The molecule has 1 atom stereocenters. The molecule has 1 heterocycles. The Bertz CT molecular complexity index is 522. The molecule has 0 spiro atoms. The summed E-state index contributed by atoms with van der Waals surface area (Å²) in [6, 6.07) is 8.47. The zero-order valence-corrected chi connectivity index (χ0v) is 14.6. The van der Waals surface area contributed by atoms with Crippen molar-refractivity contribution in [1.82, 2.24) is 10.2 Å². The number of likely N-dealkylation sites (tertiary alicyclic amines) is 1. The van der Waals surface area contributed by atoms with E-state index in [9.17, 15) is 0 Å². The van der Waals surface area contributed by atoms with E-state index in [4.69, 9.17) is 9.73 Å². The molecule has 2 rings (SSSR count). The maximum Gasteiger partial charge on any atom is 0.193 e. The molecule has 1 unspecified atom stereocenters. The number of hydrogen-bond acceptors (Lipinski definition) is 2. The fraction of sp³-hybridized carbons (Fsp3) is 0.526. The minimum atomic E-state index is 0.570. The van der Waals surface area contributed by atoms with Gasteiger partial charge in [0.05, 0.1) is 7.11 Å². The van der Waals surface area contributed by atoms with Crippen molar-refractivity contribution in [3.63, 3.8) is 0 Å². The Labute approximate surface area is 140 Å². The Morgan fingerprint density at radius 3 is 2.83 bits per heavy atom. The lowest BCUT2D eigenvalue weighted by Gasteiger charge is -2.21. The Morgan fingerprint density at radius 1 is 1.39 bits per heavy atom. The van der Waals surface area contributed by atoms with Gasteiger partial charge in [0, 0.05) is 32.1 Å². The summed E-state index contributed by atoms with van der Waals surface area (Å²) in [7, 11) is 1.71. The third-order valence-electron chi connectivity index (χ3n) is 4.20. The second-order valence-electron chi connectivity index (χ2n) is 5.80. The highest BCUT2D eigenvalue weighted by molar-refractivity contribution is 5.80. The van der Waals surface area contributed by atoms with E-state index < -0.39 is 0 Å². The normalized spacial score (nSPS) is 18.7. The lowest BCUT2D eigenvalue weighted by Crippen LogP contribution is -2.40. The van der Waals surface area contributed by atoms with Crippen LogP contribution in [0.4, 0.5) is 0 Å². The number of guanidine groups is 1. The van der Waals surface area contributed by atoms with Gasteiger partial charge in [-0.15, -0.1) is 0 Å². The number of nitrogens with zero attached hydrogens (tertiary/aromatic N) is 2. The number of methoxy groups -OCH3 is 1. The number of ether oxygens (including phenoxy) is 1. The first-order valence-corrected chi connectivity index (χ1v) is 8.56. The van der Waals surface area contributed by atoms with Gasteiger partial charge in [0.25, 0.3) is 0 Å². The third kappa shape index (κ3) is 5.02. The first-order chi connectivity index (χ1) is 11.3. The van der Waals surface area contributed by atoms with Gasteiger partial charge in [0.2, 0.25) is 0 Å². The molecule has 1 saturated heterocycles. The number of benzene rings is 1. The predicted molar refractivity (Wildman–Crippen MR) is 97.3 cm³/mol. The van der Waals surface area contributed by atoms with Gasteiger partial charge in [-0.2, -0.15) is 0 Å². The third-order valence-corrected chi connectivity index (χ3v) is 4.20. The summed E-state index contributed by atoms with van der Waals surface area (Å²) in [6.45, 7) is 8.02. The van der Waals surface area contributed by atoms with Crippen LogP contribution in [0, 0.1) is 0 Å². The second kappa shape index (κ2) is 9.23. The van der Waals surface area contributed by atoms with Crippen LogP contribution in [-0.4, -0.2) is 44.1 Å². The van der Waals surface area contributed by atoms with Crippen LogP contribution < -0.4 is 10.1 Å². The number of aliphatic imine (C=N–C) groups is 1. The quantitative estimate of drug-likeness (QED) is 0.378. The van der Waals surface area contributed by atoms with Gasteiger partial charge >= 0.3 is 0 Å². The molecule has 0 aromatic heterocycles. The molecule has 1 fully saturated rings. The molecule has 1 aliphatic heterocycles. The summed E-state index contributed by atoms with van der Waals surface area (Å²) >= 11 is 0. The predicted octanol–water partition coefficient (Wildman–Crippen LogP) is 3.42. The van der Waals surface area contributed by atoms with Crippen molar-refractivity contribution in [2.75, 3.05) is 33.3 Å². The monoisotopic (exact) mass is 315 g/mol. The number of nitrogens with one attached hydrogen (secondary N) is 1. The van der Waals surface area contributed by atoms with E-state index in [1.165, 1.54) is 12.0 Å². The van der Waals surface area contributed by atoms with Gasteiger partial charge in [-0.25, -0.2) is 0 Å². The topological polar surface area (TPSA) is 36.9 Å². The summed E-state index contributed by atoms with van der Waals surface area (Å²) in [5.41, 5.74) is 1.39. The van der Waals surface area contributed by atoms with Crippen molar-refractivity contribution in [3.05, 3.63) is 42.0 Å². The highest BCUT2D eigenvalue weighted by Crippen LogP contribution is 2.28. The SMILES string of the molecule is C/C=C/CCN=C(NCC)N1CCC(c2ccc(OC)cc2)C1. The zero-order valence-electron chi connectivity index (χ0n) is 14.6. The average Bonchev–Trinajstić information content (AvgIpc) is 3.07. The largest absolute Gasteiger partial charge is 0.497 e. The van der Waals surface area contributed by atoms with Crippen molar-refractivity contribution in [3.8, 4) is 5.75 Å². The minimum absolute atomic E-state index is 0.570. The Kier molecular flexibility index (Phi) is 6.98. The lowest BCUT2D eigenvalue weighted by molar-refractivity contribution is 0.414. The van der Waals surface area contributed by atoms with Crippen LogP contribution in [0.2, 0.25) is 0 Å². The standard InChI is InChI=1S/C19H29N3O/c1-4-6-7-13-21-19(20-5-2)22-14-12-17(15-22)16-8-10-18(23-3)11-9-16/h4,6,8-11,17H,5,7,12-15H2,1-3H3,(H,20,21)/b6-4+. The van der Waals surface area contributed by atoms with E-state index in [2.05, 4.69) is 48.3 Å². The Hall–Kier alpha value is -1.97. The summed E-state index contributed by atoms with van der Waals surface area (Å²) < 4.78 is 5.24. The van der Waals surface area contributed by atoms with Gasteiger partial charge in [-0.05, 0) is 44.4 Å². The van der Waals surface area contributed by atoms with Gasteiger partial charge in [-0.1, -0.05) is 24.3 Å². The van der Waals surface area contributed by atoms with Crippen LogP contribution in [0.5, 0.6) is 5.75 Å². The molecule has 0 amide bonds. The average molecular weight is 315 g/mol. The smallest absolute Gasteiger partial charge is 0.193 e. The molecule has 0 bridgehead atoms. The number of rotatable bonds is 6. The number of hydrogen-bond donors (Lipinski definition) is 1. The molecule has 1 aliphatic rings. The summed E-state index contributed by atoms with van der Waals surface area (Å²) in [4.78, 5) is 7.13. The van der Waals surface area contributed by atoms with Gasteiger partial charge in [0.1, 0.15) is 5.75 Å². The molecule has 1 aromatic carbocycles. The highest BCUT2D eigenvalue weighted by atomic mass is 16.5. The van der Waals surface area contributed by atoms with E-state index in [1.807, 2.05) is 12.1 Å². The van der Waals surface area contributed by atoms with Crippen molar-refractivity contribution in [1.29, 1.82) is 0 Å². The van der Waals surface area contributed by atoms with Crippen LogP contribution >= 0.6 is 0 Å². The summed E-state index contributed by atoms with van der Waals surface area (Å²) in [5, 5.41) is 3.42. The fourth-order valence-corrected chi connectivity index (χ4v) is 2.94. The maximum absolute atomic E-state index is 5.24. The minimum Gasteiger partial charge on any atom is -0.497 e. The van der Waals surface area contributed by atoms with Gasteiger partial charge in [0.15, 0.2) is 5.96 Å². The van der Waals surface area contributed by atoms with E-state index in [1.54, 1.807) is 7.11 Å². The van der Waals surface area contributed by atoms with E-state index in [0.29, 0.717) is 5.92 Å². The van der Waals surface area contributed by atoms with Crippen LogP contribution in [0.25, 0.3) is 0 Å². The molecule has 0 radical (unpaired) electrons.